The molecular weight excluding hydrogens is 636 g/mol. The largest absolute Gasteiger partial charge is 0.493 e. The lowest BCUT2D eigenvalue weighted by Crippen LogP contribution is -2.41. The monoisotopic (exact) mass is 680 g/mol. The van der Waals surface area contributed by atoms with E-state index in [-0.39, 0.29) is 37.6 Å². The number of benzene rings is 4. The van der Waals surface area contributed by atoms with Gasteiger partial charge in [0.1, 0.15) is 0 Å². The summed E-state index contributed by atoms with van der Waals surface area (Å²) in [5, 5.41) is 21.3. The second kappa shape index (κ2) is 16.3. The third-order valence-electron chi connectivity index (χ3n) is 9.43. The maximum absolute atomic E-state index is 12.2. The van der Waals surface area contributed by atoms with Crippen LogP contribution in [0.3, 0.4) is 0 Å². The van der Waals surface area contributed by atoms with E-state index in [1.165, 1.54) is 11.1 Å². The highest BCUT2D eigenvalue weighted by Crippen LogP contribution is 2.40. The minimum Gasteiger partial charge on any atom is -0.493 e. The number of carbonyl (C=O) groups is 2. The molecule has 10 nitrogen and oxygen atoms in total. The molecule has 50 heavy (non-hydrogen) atoms. The molecule has 0 aliphatic carbocycles. The van der Waals surface area contributed by atoms with Gasteiger partial charge in [0.05, 0.1) is 39.5 Å². The minimum absolute atomic E-state index is 0.0141. The van der Waals surface area contributed by atoms with Gasteiger partial charge in [-0.05, 0) is 57.5 Å². The van der Waals surface area contributed by atoms with Crippen LogP contribution in [0.4, 0.5) is 0 Å². The molecule has 262 valence electrons. The molecular formula is C40H44N2O8. The third kappa shape index (κ3) is 8.51. The van der Waals surface area contributed by atoms with E-state index in [1.807, 2.05) is 72.8 Å². The van der Waals surface area contributed by atoms with Gasteiger partial charge in [-0.25, -0.2) is 0 Å². The topological polar surface area (TPSA) is 127 Å². The standard InChI is InChI=1S/C40H44N2O8/c1-47-36-19-30-17-18-42(23-32(30)20-37(36)48-2)24-33-21-35(28-9-7-26(25-43)8-10-28)50-40(49-33)29-13-11-27(12-14-29)34-6-4-3-5-31(34)22-41-38(44)15-16-39(45)46/h3-14,19-20,33,35,40,43H,15-18,21-25H2,1-2H3,(H,41,44)(H,45,46). The quantitative estimate of drug-likeness (QED) is 0.157. The Labute approximate surface area is 292 Å². The summed E-state index contributed by atoms with van der Waals surface area (Å²) in [5.74, 6) is 0.185. The highest BCUT2D eigenvalue weighted by molar-refractivity contribution is 5.81. The fraction of sp³-hybridized carbons (Fsp3) is 0.350. The summed E-state index contributed by atoms with van der Waals surface area (Å²) in [6, 6.07) is 28.0. The molecule has 6 rings (SSSR count). The van der Waals surface area contributed by atoms with Crippen molar-refractivity contribution in [1.29, 1.82) is 0 Å². The molecule has 2 aliphatic heterocycles. The van der Waals surface area contributed by atoms with Gasteiger partial charge < -0.3 is 34.5 Å². The van der Waals surface area contributed by atoms with Crippen LogP contribution in [0.25, 0.3) is 11.1 Å². The van der Waals surface area contributed by atoms with Gasteiger partial charge in [0.2, 0.25) is 5.91 Å². The lowest BCUT2D eigenvalue weighted by molar-refractivity contribution is -0.253. The molecule has 0 radical (unpaired) electrons. The van der Waals surface area contributed by atoms with Crippen LogP contribution < -0.4 is 14.8 Å². The number of nitrogens with zero attached hydrogens (tertiary/aromatic N) is 1. The number of carbonyl (C=O) groups excluding carboxylic acids is 1. The SMILES string of the molecule is COc1cc2c(cc1OC)CN(CC1CC(c3ccc(CO)cc3)OC(c3ccc(-c4ccccc4CNC(=O)CCC(=O)O)cc3)O1)CC2. The lowest BCUT2D eigenvalue weighted by Gasteiger charge is -2.39. The van der Waals surface area contributed by atoms with Crippen molar-refractivity contribution in [1.82, 2.24) is 10.2 Å². The number of aliphatic hydroxyl groups excluding tert-OH is 1. The summed E-state index contributed by atoms with van der Waals surface area (Å²) < 4.78 is 24.4. The zero-order valence-electron chi connectivity index (χ0n) is 28.5. The molecule has 1 saturated heterocycles. The van der Waals surface area contributed by atoms with Crippen LogP contribution >= 0.6 is 0 Å². The molecule has 1 fully saturated rings. The number of aliphatic carboxylic acids is 1. The van der Waals surface area contributed by atoms with Gasteiger partial charge in [-0.3, -0.25) is 14.5 Å². The van der Waals surface area contributed by atoms with Crippen molar-refractivity contribution in [3.63, 3.8) is 0 Å². The summed E-state index contributed by atoms with van der Waals surface area (Å²) in [6.07, 6.45) is 0.455. The molecule has 3 N–H and O–H groups in total. The lowest BCUT2D eigenvalue weighted by atomic mass is 9.96. The smallest absolute Gasteiger partial charge is 0.303 e. The number of hydrogen-bond acceptors (Lipinski definition) is 8. The maximum atomic E-state index is 12.2. The van der Waals surface area contributed by atoms with Crippen molar-refractivity contribution < 1.29 is 38.7 Å². The van der Waals surface area contributed by atoms with E-state index in [0.717, 1.165) is 70.9 Å². The Morgan fingerprint density at radius 2 is 1.58 bits per heavy atom. The number of methoxy groups -OCH3 is 2. The van der Waals surface area contributed by atoms with Crippen molar-refractivity contribution in [3.8, 4) is 22.6 Å². The molecule has 0 saturated carbocycles. The van der Waals surface area contributed by atoms with Crippen molar-refractivity contribution in [2.24, 2.45) is 0 Å². The van der Waals surface area contributed by atoms with Gasteiger partial charge in [-0.2, -0.15) is 0 Å². The van der Waals surface area contributed by atoms with Crippen LogP contribution in [0.2, 0.25) is 0 Å². The van der Waals surface area contributed by atoms with Crippen LogP contribution in [-0.2, 0) is 45.2 Å². The number of aliphatic hydroxyl groups is 1. The maximum Gasteiger partial charge on any atom is 0.303 e. The van der Waals surface area contributed by atoms with E-state index in [4.69, 9.17) is 24.1 Å². The average molecular weight is 681 g/mol. The fourth-order valence-corrected chi connectivity index (χ4v) is 6.70. The molecule has 1 amide bonds. The van der Waals surface area contributed by atoms with Gasteiger partial charge in [0.25, 0.3) is 0 Å². The summed E-state index contributed by atoms with van der Waals surface area (Å²) >= 11 is 0. The zero-order valence-corrected chi connectivity index (χ0v) is 28.5. The Bertz CT molecular complexity index is 1780. The number of carboxylic acids is 1. The van der Waals surface area contributed by atoms with Crippen LogP contribution in [0.5, 0.6) is 11.5 Å². The van der Waals surface area contributed by atoms with Crippen molar-refractivity contribution in [2.75, 3.05) is 27.3 Å². The molecule has 4 aromatic rings. The normalized spacial score (nSPS) is 19.0. The van der Waals surface area contributed by atoms with Crippen molar-refractivity contribution in [2.45, 2.75) is 63.9 Å². The number of carboxylic acid groups (broad SMARTS) is 1. The number of amides is 1. The highest BCUT2D eigenvalue weighted by atomic mass is 16.7. The second-order valence-electron chi connectivity index (χ2n) is 12.8. The van der Waals surface area contributed by atoms with E-state index in [0.29, 0.717) is 13.0 Å². The molecule has 10 heteroatoms. The summed E-state index contributed by atoms with van der Waals surface area (Å²) in [7, 11) is 3.32. The van der Waals surface area contributed by atoms with Gasteiger partial charge in [-0.1, -0.05) is 72.8 Å². The summed E-state index contributed by atoms with van der Waals surface area (Å²) in [6.45, 7) is 2.70. The molecule has 0 spiro atoms. The summed E-state index contributed by atoms with van der Waals surface area (Å²) in [4.78, 5) is 25.4. The fourth-order valence-electron chi connectivity index (χ4n) is 6.70. The van der Waals surface area contributed by atoms with E-state index in [2.05, 4.69) is 22.3 Å². The Morgan fingerprint density at radius 3 is 2.28 bits per heavy atom. The van der Waals surface area contributed by atoms with Gasteiger partial charge in [0, 0.05) is 44.6 Å². The first-order chi connectivity index (χ1) is 24.3. The van der Waals surface area contributed by atoms with E-state index >= 15 is 0 Å². The molecule has 0 bridgehead atoms. The summed E-state index contributed by atoms with van der Waals surface area (Å²) in [5.41, 5.74) is 8.17. The Hall–Kier alpha value is -4.74. The first-order valence-corrected chi connectivity index (χ1v) is 17.0. The molecule has 0 aromatic heterocycles. The van der Waals surface area contributed by atoms with E-state index in [1.54, 1.807) is 14.2 Å². The Balaban J connectivity index is 1.19. The van der Waals surface area contributed by atoms with E-state index < -0.39 is 12.3 Å². The molecule has 3 atom stereocenters. The van der Waals surface area contributed by atoms with Crippen LogP contribution in [0, 0.1) is 0 Å². The zero-order chi connectivity index (χ0) is 35.0. The van der Waals surface area contributed by atoms with Crippen LogP contribution in [0.15, 0.2) is 84.9 Å². The molecule has 2 aliphatic rings. The predicted octanol–water partition coefficient (Wildman–Crippen LogP) is 5.95. The van der Waals surface area contributed by atoms with E-state index in [9.17, 15) is 14.7 Å². The van der Waals surface area contributed by atoms with Crippen LogP contribution in [-0.4, -0.2) is 60.4 Å². The number of nitrogens with one attached hydrogen (secondary N) is 1. The number of hydrogen-bond donors (Lipinski definition) is 3. The van der Waals surface area contributed by atoms with Crippen molar-refractivity contribution in [3.05, 3.63) is 118 Å². The van der Waals surface area contributed by atoms with Gasteiger partial charge in [-0.15, -0.1) is 0 Å². The minimum atomic E-state index is -0.997. The number of fused-ring (bicyclic) bond motifs is 1. The Morgan fingerprint density at radius 1 is 0.880 bits per heavy atom. The molecule has 4 aromatic carbocycles. The van der Waals surface area contributed by atoms with Crippen LogP contribution in [0.1, 0.15) is 65.0 Å². The second-order valence-corrected chi connectivity index (χ2v) is 12.8. The van der Waals surface area contributed by atoms with Gasteiger partial charge in [0.15, 0.2) is 17.8 Å². The highest BCUT2D eigenvalue weighted by Gasteiger charge is 2.34. The number of rotatable bonds is 13. The molecule has 3 unspecified atom stereocenters. The first-order valence-electron chi connectivity index (χ1n) is 17.0. The molecule has 2 heterocycles. The third-order valence-corrected chi connectivity index (χ3v) is 9.43. The van der Waals surface area contributed by atoms with Crippen molar-refractivity contribution >= 4 is 11.9 Å². The predicted molar refractivity (Wildman–Crippen MR) is 188 cm³/mol. The Kier molecular flexibility index (Phi) is 11.5. The average Bonchev–Trinajstić information content (AvgIpc) is 3.15. The van der Waals surface area contributed by atoms with Gasteiger partial charge >= 0.3 is 5.97 Å². The number of ether oxygens (including phenoxy) is 4. The first kappa shape index (κ1) is 35.1.